The summed E-state index contributed by atoms with van der Waals surface area (Å²) in [6.45, 7) is 8.15. The number of anilines is 1. The highest BCUT2D eigenvalue weighted by molar-refractivity contribution is 5.95. The van der Waals surface area contributed by atoms with E-state index in [0.29, 0.717) is 17.9 Å². The maximum atomic E-state index is 12.0. The second-order valence-corrected chi connectivity index (χ2v) is 5.40. The monoisotopic (exact) mass is 277 g/mol. The third-order valence-electron chi connectivity index (χ3n) is 3.31. The van der Waals surface area contributed by atoms with E-state index in [1.54, 1.807) is 24.3 Å². The van der Waals surface area contributed by atoms with Crippen molar-refractivity contribution in [3.05, 3.63) is 29.8 Å². The summed E-state index contributed by atoms with van der Waals surface area (Å²) < 4.78 is 5.04. The minimum absolute atomic E-state index is 0.0266. The van der Waals surface area contributed by atoms with Crippen LogP contribution in [0.25, 0.3) is 0 Å². The Labute approximate surface area is 120 Å². The Kier molecular flexibility index (Phi) is 5.74. The first-order chi connectivity index (χ1) is 9.40. The van der Waals surface area contributed by atoms with Crippen molar-refractivity contribution in [1.82, 2.24) is 0 Å². The zero-order valence-electron chi connectivity index (χ0n) is 12.7. The molecule has 0 aliphatic heterocycles. The van der Waals surface area contributed by atoms with Gasteiger partial charge < -0.3 is 10.1 Å². The van der Waals surface area contributed by atoms with Crippen LogP contribution >= 0.6 is 0 Å². The number of nitrogens with one attached hydrogen (secondary N) is 1. The van der Waals surface area contributed by atoms with Gasteiger partial charge in [0.05, 0.1) is 12.2 Å². The maximum Gasteiger partial charge on any atom is 0.338 e. The molecule has 0 aliphatic carbocycles. The molecule has 4 nitrogen and oxygen atoms in total. The van der Waals surface area contributed by atoms with Crippen LogP contribution in [0.1, 0.15) is 50.9 Å². The van der Waals surface area contributed by atoms with Crippen molar-refractivity contribution >= 4 is 17.6 Å². The molecule has 0 fully saturated rings. The highest BCUT2D eigenvalue weighted by Crippen LogP contribution is 2.22. The van der Waals surface area contributed by atoms with Crippen LogP contribution in [0.15, 0.2) is 24.3 Å². The Morgan fingerprint density at radius 2 is 1.75 bits per heavy atom. The summed E-state index contributed by atoms with van der Waals surface area (Å²) in [5, 5.41) is 2.85. The molecule has 1 amide bonds. The van der Waals surface area contributed by atoms with Crippen molar-refractivity contribution in [1.29, 1.82) is 0 Å². The standard InChI is InChI=1S/C16H23NO3/c1-5-11-20-14(18)12-7-9-13(10-8-12)17-15(19)16(3,4)6-2/h7-10H,5-6,11H2,1-4H3,(H,17,19). The van der Waals surface area contributed by atoms with Gasteiger partial charge in [-0.15, -0.1) is 0 Å². The van der Waals surface area contributed by atoms with Crippen molar-refractivity contribution in [2.24, 2.45) is 5.41 Å². The Bertz CT molecular complexity index is 463. The average Bonchev–Trinajstić information content (AvgIpc) is 2.45. The summed E-state index contributed by atoms with van der Waals surface area (Å²) in [7, 11) is 0. The number of ether oxygens (including phenoxy) is 1. The number of carbonyl (C=O) groups excluding carboxylic acids is 2. The van der Waals surface area contributed by atoms with Crippen LogP contribution in [0.4, 0.5) is 5.69 Å². The van der Waals surface area contributed by atoms with Gasteiger partial charge in [-0.1, -0.05) is 27.7 Å². The highest BCUT2D eigenvalue weighted by atomic mass is 16.5. The van der Waals surface area contributed by atoms with E-state index in [4.69, 9.17) is 4.74 Å². The molecule has 0 saturated heterocycles. The maximum absolute atomic E-state index is 12.0. The van der Waals surface area contributed by atoms with Crippen LogP contribution in [-0.2, 0) is 9.53 Å². The lowest BCUT2D eigenvalue weighted by molar-refractivity contribution is -0.124. The fourth-order valence-corrected chi connectivity index (χ4v) is 1.43. The van der Waals surface area contributed by atoms with Crippen molar-refractivity contribution in [3.63, 3.8) is 0 Å². The van der Waals surface area contributed by atoms with Crippen LogP contribution < -0.4 is 5.32 Å². The molecular formula is C16H23NO3. The van der Waals surface area contributed by atoms with E-state index in [1.165, 1.54) is 0 Å². The summed E-state index contributed by atoms with van der Waals surface area (Å²) >= 11 is 0. The fraction of sp³-hybridized carbons (Fsp3) is 0.500. The number of hydrogen-bond donors (Lipinski definition) is 1. The third-order valence-corrected chi connectivity index (χ3v) is 3.31. The number of rotatable bonds is 6. The first-order valence-electron chi connectivity index (χ1n) is 6.99. The molecule has 0 spiro atoms. The SMILES string of the molecule is CCCOC(=O)c1ccc(NC(=O)C(C)(C)CC)cc1. The molecule has 4 heteroatoms. The van der Waals surface area contributed by atoms with Crippen molar-refractivity contribution in [2.45, 2.75) is 40.5 Å². The Balaban J connectivity index is 2.68. The molecule has 0 saturated carbocycles. The van der Waals surface area contributed by atoms with Crippen LogP contribution in [0, 0.1) is 5.41 Å². The van der Waals surface area contributed by atoms with Crippen LogP contribution in [0.3, 0.4) is 0 Å². The predicted molar refractivity (Wildman–Crippen MR) is 79.7 cm³/mol. The summed E-state index contributed by atoms with van der Waals surface area (Å²) in [4.78, 5) is 23.7. The van der Waals surface area contributed by atoms with Gasteiger partial charge in [0.1, 0.15) is 0 Å². The van der Waals surface area contributed by atoms with Gasteiger partial charge in [0.2, 0.25) is 5.91 Å². The van der Waals surface area contributed by atoms with Gasteiger partial charge in [-0.05, 0) is 37.1 Å². The summed E-state index contributed by atoms with van der Waals surface area (Å²) in [5.74, 6) is -0.361. The Morgan fingerprint density at radius 3 is 2.25 bits per heavy atom. The lowest BCUT2D eigenvalue weighted by Gasteiger charge is -2.21. The summed E-state index contributed by atoms with van der Waals surface area (Å²) in [6, 6.07) is 6.75. The molecule has 0 heterocycles. The normalized spacial score (nSPS) is 11.0. The lowest BCUT2D eigenvalue weighted by atomic mass is 9.89. The molecule has 0 bridgehead atoms. The first-order valence-corrected chi connectivity index (χ1v) is 6.99. The lowest BCUT2D eigenvalue weighted by Crippen LogP contribution is -2.29. The predicted octanol–water partition coefficient (Wildman–Crippen LogP) is 3.63. The molecule has 110 valence electrons. The van der Waals surface area contributed by atoms with Crippen molar-refractivity contribution in [3.8, 4) is 0 Å². The molecule has 0 radical (unpaired) electrons. The van der Waals surface area contributed by atoms with E-state index >= 15 is 0 Å². The second-order valence-electron chi connectivity index (χ2n) is 5.40. The highest BCUT2D eigenvalue weighted by Gasteiger charge is 2.25. The quantitative estimate of drug-likeness (QED) is 0.808. The third kappa shape index (κ3) is 4.37. The number of benzene rings is 1. The van der Waals surface area contributed by atoms with Gasteiger partial charge in [0.15, 0.2) is 0 Å². The average molecular weight is 277 g/mol. The molecule has 0 atom stereocenters. The van der Waals surface area contributed by atoms with Crippen molar-refractivity contribution < 1.29 is 14.3 Å². The van der Waals surface area contributed by atoms with Gasteiger partial charge in [-0.25, -0.2) is 4.79 Å². The van der Waals surface area contributed by atoms with Crippen LogP contribution in [0.5, 0.6) is 0 Å². The van der Waals surface area contributed by atoms with E-state index in [1.807, 2.05) is 27.7 Å². The molecule has 0 aromatic heterocycles. The van der Waals surface area contributed by atoms with Gasteiger partial charge in [-0.2, -0.15) is 0 Å². The minimum Gasteiger partial charge on any atom is -0.462 e. The molecule has 0 unspecified atom stereocenters. The second kappa shape index (κ2) is 7.08. The number of hydrogen-bond acceptors (Lipinski definition) is 3. The van der Waals surface area contributed by atoms with Gasteiger partial charge >= 0.3 is 5.97 Å². The number of esters is 1. The molecule has 1 aromatic rings. The molecular weight excluding hydrogens is 254 g/mol. The largest absolute Gasteiger partial charge is 0.462 e. The Hall–Kier alpha value is -1.84. The smallest absolute Gasteiger partial charge is 0.338 e. The fourth-order valence-electron chi connectivity index (χ4n) is 1.43. The molecule has 1 aromatic carbocycles. The van der Waals surface area contributed by atoms with E-state index in [9.17, 15) is 9.59 Å². The molecule has 0 aliphatic rings. The van der Waals surface area contributed by atoms with Gasteiger partial charge in [-0.3, -0.25) is 4.79 Å². The molecule has 20 heavy (non-hydrogen) atoms. The zero-order chi connectivity index (χ0) is 15.2. The Morgan fingerprint density at radius 1 is 1.15 bits per heavy atom. The van der Waals surface area contributed by atoms with Crippen LogP contribution in [-0.4, -0.2) is 18.5 Å². The molecule has 1 rings (SSSR count). The van der Waals surface area contributed by atoms with E-state index < -0.39 is 5.41 Å². The number of carbonyl (C=O) groups is 2. The number of amides is 1. The molecule has 1 N–H and O–H groups in total. The topological polar surface area (TPSA) is 55.4 Å². The van der Waals surface area contributed by atoms with Gasteiger partial charge in [0.25, 0.3) is 0 Å². The van der Waals surface area contributed by atoms with E-state index in [0.717, 1.165) is 12.8 Å². The zero-order valence-corrected chi connectivity index (χ0v) is 12.7. The summed E-state index contributed by atoms with van der Waals surface area (Å²) in [6.07, 6.45) is 1.56. The van der Waals surface area contributed by atoms with Crippen LogP contribution in [0.2, 0.25) is 0 Å². The van der Waals surface area contributed by atoms with Crippen molar-refractivity contribution in [2.75, 3.05) is 11.9 Å². The van der Waals surface area contributed by atoms with E-state index in [2.05, 4.69) is 5.32 Å². The summed E-state index contributed by atoms with van der Waals surface area (Å²) in [5.41, 5.74) is 0.772. The van der Waals surface area contributed by atoms with E-state index in [-0.39, 0.29) is 11.9 Å². The minimum atomic E-state index is -0.404. The van der Waals surface area contributed by atoms with Gasteiger partial charge in [0, 0.05) is 11.1 Å². The first kappa shape index (κ1) is 16.2.